The molecule has 14 heavy (non-hydrogen) atoms. The zero-order chi connectivity index (χ0) is 10.6. The molecule has 0 nitrogen and oxygen atoms in total. The van der Waals surface area contributed by atoms with Gasteiger partial charge in [-0.05, 0) is 30.5 Å². The monoisotopic (exact) mass is 201 g/mol. The molecule has 0 amide bonds. The van der Waals surface area contributed by atoms with Crippen LogP contribution < -0.4 is 0 Å². The third-order valence-electron chi connectivity index (χ3n) is 1.96. The fourth-order valence-corrected chi connectivity index (χ4v) is 1.20. The molecule has 1 rings (SSSR count). The van der Waals surface area contributed by atoms with Crippen molar-refractivity contribution in [3.8, 4) is 0 Å². The largest absolute Gasteiger partial charge is 0.417 e. The second-order valence-corrected chi connectivity index (χ2v) is 3.19. The molecule has 0 aliphatic carbocycles. The maximum absolute atomic E-state index is 12.3. The molecule has 1 radical (unpaired) electrons. The Balaban J connectivity index is 2.79. The SMILES string of the molecule is CCCCc1[c]c(C(F)(F)F)ccc1. The number of aryl methyl sites for hydroxylation is 1. The normalized spacial score (nSPS) is 11.7. The van der Waals surface area contributed by atoms with Gasteiger partial charge < -0.3 is 0 Å². The number of hydrogen-bond donors (Lipinski definition) is 0. The maximum atomic E-state index is 12.3. The lowest BCUT2D eigenvalue weighted by Gasteiger charge is -2.07. The summed E-state index contributed by atoms with van der Waals surface area (Å²) in [5.41, 5.74) is -0.0345. The summed E-state index contributed by atoms with van der Waals surface area (Å²) in [5, 5.41) is 0. The standard InChI is InChI=1S/C11H12F3/c1-2-3-5-9-6-4-7-10(8-9)11(12,13)14/h4,6-7H,2-3,5H2,1H3. The molecule has 0 unspecified atom stereocenters. The Hall–Kier alpha value is -0.990. The molecule has 3 heteroatoms. The minimum absolute atomic E-state index is 0.640. The van der Waals surface area contributed by atoms with Gasteiger partial charge in [-0.3, -0.25) is 0 Å². The molecule has 1 aromatic rings. The number of benzene rings is 1. The molecule has 77 valence electrons. The highest BCUT2D eigenvalue weighted by molar-refractivity contribution is 5.23. The van der Waals surface area contributed by atoms with Gasteiger partial charge in [0.2, 0.25) is 0 Å². The van der Waals surface area contributed by atoms with E-state index >= 15 is 0 Å². The van der Waals surface area contributed by atoms with E-state index in [2.05, 4.69) is 6.07 Å². The first kappa shape index (κ1) is 11.1. The van der Waals surface area contributed by atoms with Gasteiger partial charge in [0.1, 0.15) is 0 Å². The number of hydrogen-bond acceptors (Lipinski definition) is 0. The van der Waals surface area contributed by atoms with E-state index in [1.807, 2.05) is 6.92 Å². The zero-order valence-electron chi connectivity index (χ0n) is 7.99. The van der Waals surface area contributed by atoms with Crippen LogP contribution in [0, 0.1) is 6.07 Å². The molecule has 0 spiro atoms. The van der Waals surface area contributed by atoms with Gasteiger partial charge in [0.15, 0.2) is 0 Å². The number of rotatable bonds is 3. The summed E-state index contributed by atoms with van der Waals surface area (Å²) in [7, 11) is 0. The smallest absolute Gasteiger partial charge is 0.166 e. The quantitative estimate of drug-likeness (QED) is 0.696. The number of alkyl halides is 3. The van der Waals surface area contributed by atoms with E-state index in [1.54, 1.807) is 6.07 Å². The van der Waals surface area contributed by atoms with E-state index < -0.39 is 11.7 Å². The summed E-state index contributed by atoms with van der Waals surface area (Å²) < 4.78 is 36.8. The topological polar surface area (TPSA) is 0 Å². The predicted molar refractivity (Wildman–Crippen MR) is 48.9 cm³/mol. The van der Waals surface area contributed by atoms with E-state index in [4.69, 9.17) is 0 Å². The molecular weight excluding hydrogens is 189 g/mol. The molecule has 0 aliphatic heterocycles. The molecule has 0 aliphatic rings. The highest BCUT2D eigenvalue weighted by Gasteiger charge is 2.30. The molecule has 0 saturated heterocycles. The van der Waals surface area contributed by atoms with Gasteiger partial charge in [-0.15, -0.1) is 0 Å². The lowest BCUT2D eigenvalue weighted by atomic mass is 10.1. The second kappa shape index (κ2) is 4.49. The summed E-state index contributed by atoms with van der Waals surface area (Å²) in [6.45, 7) is 2.01. The Bertz CT molecular complexity index is 289. The average Bonchev–Trinajstić information content (AvgIpc) is 2.14. The van der Waals surface area contributed by atoms with Crippen molar-refractivity contribution >= 4 is 0 Å². The average molecular weight is 201 g/mol. The predicted octanol–water partition coefficient (Wildman–Crippen LogP) is 3.85. The van der Waals surface area contributed by atoms with Crippen molar-refractivity contribution in [1.29, 1.82) is 0 Å². The van der Waals surface area contributed by atoms with Gasteiger partial charge in [-0.2, -0.15) is 13.2 Å². The zero-order valence-corrected chi connectivity index (χ0v) is 7.99. The van der Waals surface area contributed by atoms with Crippen LogP contribution in [0.4, 0.5) is 13.2 Å². The molecular formula is C11H12F3. The van der Waals surface area contributed by atoms with E-state index in [1.165, 1.54) is 6.07 Å². The van der Waals surface area contributed by atoms with Crippen LogP contribution in [0.3, 0.4) is 0 Å². The highest BCUT2D eigenvalue weighted by atomic mass is 19.4. The van der Waals surface area contributed by atoms with E-state index in [0.717, 1.165) is 18.9 Å². The van der Waals surface area contributed by atoms with Crippen LogP contribution in [0.25, 0.3) is 0 Å². The molecule has 0 N–H and O–H groups in total. The Kier molecular flexibility index (Phi) is 3.55. The van der Waals surface area contributed by atoms with Crippen molar-refractivity contribution in [2.45, 2.75) is 32.4 Å². The molecule has 0 fully saturated rings. The molecule has 0 atom stereocenters. The van der Waals surface area contributed by atoms with Crippen LogP contribution in [0.1, 0.15) is 30.9 Å². The third kappa shape index (κ3) is 3.05. The molecule has 0 saturated carbocycles. The van der Waals surface area contributed by atoms with E-state index in [-0.39, 0.29) is 0 Å². The first-order valence-electron chi connectivity index (χ1n) is 4.62. The van der Waals surface area contributed by atoms with Crippen molar-refractivity contribution in [3.63, 3.8) is 0 Å². The molecule has 1 aromatic carbocycles. The van der Waals surface area contributed by atoms with Crippen molar-refractivity contribution in [3.05, 3.63) is 35.4 Å². The Morgan fingerprint density at radius 1 is 1.29 bits per heavy atom. The number of halogens is 3. The van der Waals surface area contributed by atoms with Gasteiger partial charge in [-0.1, -0.05) is 25.5 Å². The lowest BCUT2D eigenvalue weighted by molar-refractivity contribution is -0.137. The summed E-state index contributed by atoms with van der Waals surface area (Å²) >= 11 is 0. The first-order valence-corrected chi connectivity index (χ1v) is 4.62. The van der Waals surface area contributed by atoms with Crippen LogP contribution in [0.2, 0.25) is 0 Å². The van der Waals surface area contributed by atoms with Crippen molar-refractivity contribution < 1.29 is 13.2 Å². The lowest BCUT2D eigenvalue weighted by Crippen LogP contribution is -2.05. The fraction of sp³-hybridized carbons (Fsp3) is 0.455. The summed E-state index contributed by atoms with van der Waals surface area (Å²) in [6, 6.07) is 6.57. The van der Waals surface area contributed by atoms with E-state index in [0.29, 0.717) is 12.0 Å². The van der Waals surface area contributed by atoms with Crippen LogP contribution in [-0.4, -0.2) is 0 Å². The van der Waals surface area contributed by atoms with Crippen LogP contribution in [0.5, 0.6) is 0 Å². The number of unbranched alkanes of at least 4 members (excludes halogenated alkanes) is 1. The third-order valence-corrected chi connectivity index (χ3v) is 1.96. The van der Waals surface area contributed by atoms with E-state index in [9.17, 15) is 13.2 Å². The Morgan fingerprint density at radius 2 is 2.00 bits per heavy atom. The minimum Gasteiger partial charge on any atom is -0.166 e. The molecule has 0 heterocycles. The van der Waals surface area contributed by atoms with Gasteiger partial charge in [0.05, 0.1) is 5.56 Å². The second-order valence-electron chi connectivity index (χ2n) is 3.19. The molecule has 0 aromatic heterocycles. The summed E-state index contributed by atoms with van der Waals surface area (Å²) in [6.07, 6.45) is -1.73. The van der Waals surface area contributed by atoms with Gasteiger partial charge in [0.25, 0.3) is 0 Å². The van der Waals surface area contributed by atoms with Crippen molar-refractivity contribution in [2.75, 3.05) is 0 Å². The van der Waals surface area contributed by atoms with Crippen molar-refractivity contribution in [2.24, 2.45) is 0 Å². The summed E-state index contributed by atoms with van der Waals surface area (Å²) in [4.78, 5) is 0. The summed E-state index contributed by atoms with van der Waals surface area (Å²) in [5.74, 6) is 0. The van der Waals surface area contributed by atoms with Crippen LogP contribution >= 0.6 is 0 Å². The maximum Gasteiger partial charge on any atom is 0.417 e. The Morgan fingerprint density at radius 3 is 2.57 bits per heavy atom. The Labute approximate surface area is 81.8 Å². The molecule has 0 bridgehead atoms. The minimum atomic E-state index is -4.28. The fourth-order valence-electron chi connectivity index (χ4n) is 1.20. The van der Waals surface area contributed by atoms with Crippen LogP contribution in [-0.2, 0) is 12.6 Å². The van der Waals surface area contributed by atoms with Gasteiger partial charge in [-0.25, -0.2) is 0 Å². The van der Waals surface area contributed by atoms with Gasteiger partial charge in [0, 0.05) is 0 Å². The van der Waals surface area contributed by atoms with Gasteiger partial charge >= 0.3 is 6.18 Å². The highest BCUT2D eigenvalue weighted by Crippen LogP contribution is 2.29. The van der Waals surface area contributed by atoms with Crippen LogP contribution in [0.15, 0.2) is 18.2 Å². The first-order chi connectivity index (χ1) is 6.54. The van der Waals surface area contributed by atoms with Crippen molar-refractivity contribution in [1.82, 2.24) is 0 Å².